The summed E-state index contributed by atoms with van der Waals surface area (Å²) >= 11 is 0. The second-order valence-corrected chi connectivity index (χ2v) is 17.6. The van der Waals surface area contributed by atoms with Gasteiger partial charge < -0.3 is 9.80 Å². The minimum absolute atomic E-state index is 0.571. The van der Waals surface area contributed by atoms with Gasteiger partial charge in [0.25, 0.3) is 0 Å². The molecule has 0 aliphatic heterocycles. The number of anilines is 6. The zero-order valence-corrected chi connectivity index (χ0v) is 36.8. The molecule has 11 aromatic rings. The molecule has 0 heterocycles. The summed E-state index contributed by atoms with van der Waals surface area (Å²) in [5, 5.41) is 2.50. The van der Waals surface area contributed by atoms with Crippen molar-refractivity contribution in [2.45, 2.75) is 5.41 Å². The summed E-state index contributed by atoms with van der Waals surface area (Å²) < 4.78 is 0. The number of para-hydroxylation sites is 2. The minimum atomic E-state index is -0.571. The molecule has 1 spiro atoms. The third kappa shape index (κ3) is 6.11. The SMILES string of the molecule is c1ccc(-c2cccc(N(c3ccccc3)c3ccc4c(c3)C3(c5ccccc5-4)c4ccccc4-c4c(N(c5ccccc5)c5ccc(-c6cccc7ccccc67)cc5)cccc43)c2)cc1. The van der Waals surface area contributed by atoms with Gasteiger partial charge in [0.15, 0.2) is 0 Å². The molecule has 13 rings (SSSR count). The second kappa shape index (κ2) is 15.8. The Morgan fingerprint density at radius 2 is 0.746 bits per heavy atom. The highest BCUT2D eigenvalue weighted by atomic mass is 15.1. The lowest BCUT2D eigenvalue weighted by molar-refractivity contribution is 0.793. The van der Waals surface area contributed by atoms with Crippen LogP contribution < -0.4 is 9.80 Å². The Bertz CT molecular complexity index is 3630. The summed E-state index contributed by atoms with van der Waals surface area (Å²) in [6, 6.07) is 98.0. The fourth-order valence-electron chi connectivity index (χ4n) is 11.2. The average molecular weight is 853 g/mol. The Morgan fingerprint density at radius 3 is 1.52 bits per heavy atom. The third-order valence-corrected chi connectivity index (χ3v) is 14.0. The van der Waals surface area contributed by atoms with Gasteiger partial charge in [-0.05, 0) is 139 Å². The molecule has 0 amide bonds. The first-order valence-corrected chi connectivity index (χ1v) is 23.2. The van der Waals surface area contributed by atoms with Gasteiger partial charge in [-0.25, -0.2) is 0 Å². The van der Waals surface area contributed by atoms with Gasteiger partial charge >= 0.3 is 0 Å². The predicted molar refractivity (Wildman–Crippen MR) is 280 cm³/mol. The monoisotopic (exact) mass is 852 g/mol. The van der Waals surface area contributed by atoms with E-state index in [1.165, 1.54) is 77.5 Å². The number of hydrogen-bond acceptors (Lipinski definition) is 2. The van der Waals surface area contributed by atoms with Crippen molar-refractivity contribution >= 4 is 44.9 Å². The molecule has 0 saturated carbocycles. The smallest absolute Gasteiger partial charge is 0.0727 e. The van der Waals surface area contributed by atoms with Crippen LogP contribution in [0.4, 0.5) is 34.1 Å². The quantitative estimate of drug-likeness (QED) is 0.150. The van der Waals surface area contributed by atoms with E-state index in [4.69, 9.17) is 0 Å². The van der Waals surface area contributed by atoms with Crippen molar-refractivity contribution in [3.8, 4) is 44.5 Å². The zero-order valence-electron chi connectivity index (χ0n) is 36.8. The van der Waals surface area contributed by atoms with E-state index in [9.17, 15) is 0 Å². The first-order valence-electron chi connectivity index (χ1n) is 23.2. The molecular weight excluding hydrogens is 809 g/mol. The number of hydrogen-bond donors (Lipinski definition) is 0. The molecule has 11 aromatic carbocycles. The van der Waals surface area contributed by atoms with E-state index in [-0.39, 0.29) is 0 Å². The van der Waals surface area contributed by atoms with E-state index in [1.54, 1.807) is 0 Å². The van der Waals surface area contributed by atoms with Gasteiger partial charge in [-0.2, -0.15) is 0 Å². The van der Waals surface area contributed by atoms with Crippen molar-refractivity contribution in [2.24, 2.45) is 0 Å². The fraction of sp³-hybridized carbons (Fsp3) is 0.0154. The van der Waals surface area contributed by atoms with E-state index in [1.807, 2.05) is 0 Å². The predicted octanol–water partition coefficient (Wildman–Crippen LogP) is 17.5. The van der Waals surface area contributed by atoms with Gasteiger partial charge in [-0.15, -0.1) is 0 Å². The summed E-state index contributed by atoms with van der Waals surface area (Å²) in [6.45, 7) is 0. The second-order valence-electron chi connectivity index (χ2n) is 17.6. The Morgan fingerprint density at radius 1 is 0.254 bits per heavy atom. The lowest BCUT2D eigenvalue weighted by atomic mass is 9.70. The highest BCUT2D eigenvalue weighted by molar-refractivity contribution is 6.02. The molecule has 2 aliphatic carbocycles. The Kier molecular flexibility index (Phi) is 9.11. The van der Waals surface area contributed by atoms with Gasteiger partial charge in [0, 0.05) is 34.0 Å². The standard InChI is InChI=1S/C65H44N2/c1-4-19-45(20-5-1)48-23-16-28-52(43-48)66(49-24-6-2-7-25-49)53-41-42-57-56-30-12-14-33-59(56)65(62(57)44-53)60-34-15-13-31-58(60)64-61(65)35-18-36-63(64)67(50-26-8-3-9-27-50)51-39-37-47(38-40-51)55-32-17-22-46-21-10-11-29-54(46)55/h1-44H. The van der Waals surface area contributed by atoms with Crippen molar-refractivity contribution in [1.29, 1.82) is 0 Å². The maximum absolute atomic E-state index is 2.48. The molecule has 0 saturated heterocycles. The Balaban J connectivity index is 1.02. The van der Waals surface area contributed by atoms with Gasteiger partial charge in [-0.1, -0.05) is 200 Å². The molecule has 0 N–H and O–H groups in total. The number of nitrogens with zero attached hydrogens (tertiary/aromatic N) is 2. The van der Waals surface area contributed by atoms with Crippen LogP contribution in [0, 0.1) is 0 Å². The molecule has 0 radical (unpaired) electrons. The topological polar surface area (TPSA) is 6.48 Å². The van der Waals surface area contributed by atoms with E-state index in [0.717, 1.165) is 34.1 Å². The first-order chi connectivity index (χ1) is 33.3. The van der Waals surface area contributed by atoms with Crippen molar-refractivity contribution in [2.75, 3.05) is 9.80 Å². The van der Waals surface area contributed by atoms with Crippen LogP contribution in [0.5, 0.6) is 0 Å². The fourth-order valence-corrected chi connectivity index (χ4v) is 11.2. The number of rotatable bonds is 8. The minimum Gasteiger partial charge on any atom is -0.310 e. The molecule has 1 unspecified atom stereocenters. The normalized spacial score (nSPS) is 14.0. The highest BCUT2D eigenvalue weighted by Crippen LogP contribution is 2.65. The molecule has 2 nitrogen and oxygen atoms in total. The molecule has 1 atom stereocenters. The maximum Gasteiger partial charge on any atom is 0.0727 e. The molecular formula is C65H44N2. The van der Waals surface area contributed by atoms with Gasteiger partial charge in [0.05, 0.1) is 11.1 Å². The number of fused-ring (bicyclic) bond motifs is 11. The van der Waals surface area contributed by atoms with Crippen molar-refractivity contribution in [3.63, 3.8) is 0 Å². The van der Waals surface area contributed by atoms with Crippen molar-refractivity contribution < 1.29 is 0 Å². The first kappa shape index (κ1) is 38.7. The van der Waals surface area contributed by atoms with Crippen LogP contribution in [0.15, 0.2) is 267 Å². The van der Waals surface area contributed by atoms with E-state index in [2.05, 4.69) is 277 Å². The Labute approximate surface area is 391 Å². The lowest BCUT2D eigenvalue weighted by Gasteiger charge is -2.33. The zero-order chi connectivity index (χ0) is 44.3. The lowest BCUT2D eigenvalue weighted by Crippen LogP contribution is -2.26. The van der Waals surface area contributed by atoms with E-state index >= 15 is 0 Å². The largest absolute Gasteiger partial charge is 0.310 e. The van der Waals surface area contributed by atoms with Crippen LogP contribution in [-0.2, 0) is 5.41 Å². The van der Waals surface area contributed by atoms with Crippen molar-refractivity contribution in [3.05, 3.63) is 289 Å². The van der Waals surface area contributed by atoms with Gasteiger partial charge in [0.2, 0.25) is 0 Å². The van der Waals surface area contributed by atoms with Crippen LogP contribution in [0.1, 0.15) is 22.3 Å². The summed E-state index contributed by atoms with van der Waals surface area (Å²) in [4.78, 5) is 4.87. The summed E-state index contributed by atoms with van der Waals surface area (Å²) in [7, 11) is 0. The maximum atomic E-state index is 2.48. The van der Waals surface area contributed by atoms with Crippen LogP contribution in [-0.4, -0.2) is 0 Å². The molecule has 2 aliphatic rings. The molecule has 67 heavy (non-hydrogen) atoms. The summed E-state index contributed by atoms with van der Waals surface area (Å²) in [5.41, 5.74) is 21.2. The van der Waals surface area contributed by atoms with Crippen LogP contribution in [0.2, 0.25) is 0 Å². The summed E-state index contributed by atoms with van der Waals surface area (Å²) in [5.74, 6) is 0. The molecule has 0 fully saturated rings. The molecule has 314 valence electrons. The number of benzene rings is 11. The third-order valence-electron chi connectivity index (χ3n) is 14.0. The average Bonchev–Trinajstić information content (AvgIpc) is 3.87. The highest BCUT2D eigenvalue weighted by Gasteiger charge is 2.52. The van der Waals surface area contributed by atoms with E-state index < -0.39 is 5.41 Å². The Hall–Kier alpha value is -8.72. The van der Waals surface area contributed by atoms with Crippen LogP contribution >= 0.6 is 0 Å². The van der Waals surface area contributed by atoms with Gasteiger partial charge in [0.1, 0.15) is 0 Å². The molecule has 0 aromatic heterocycles. The van der Waals surface area contributed by atoms with Crippen molar-refractivity contribution in [1.82, 2.24) is 0 Å². The molecule has 2 heteroatoms. The molecule has 0 bridgehead atoms. The van der Waals surface area contributed by atoms with E-state index in [0.29, 0.717) is 0 Å². The van der Waals surface area contributed by atoms with Crippen LogP contribution in [0.3, 0.4) is 0 Å². The summed E-state index contributed by atoms with van der Waals surface area (Å²) in [6.07, 6.45) is 0. The van der Waals surface area contributed by atoms with Crippen LogP contribution in [0.25, 0.3) is 55.3 Å². The van der Waals surface area contributed by atoms with Gasteiger partial charge in [-0.3, -0.25) is 0 Å².